The number of fused-ring (bicyclic) bond motifs is 1. The van der Waals surface area contributed by atoms with E-state index in [-0.39, 0.29) is 35.2 Å². The van der Waals surface area contributed by atoms with Crippen molar-refractivity contribution in [2.75, 3.05) is 26.8 Å². The van der Waals surface area contributed by atoms with Crippen LogP contribution in [0.15, 0.2) is 48.7 Å². The van der Waals surface area contributed by atoms with Gasteiger partial charge in [0.1, 0.15) is 17.7 Å². The number of aromatic nitrogens is 4. The summed E-state index contributed by atoms with van der Waals surface area (Å²) >= 11 is 0. The number of ether oxygens (including phenoxy) is 2. The Kier molecular flexibility index (Phi) is 9.70. The Bertz CT molecular complexity index is 2150. The van der Waals surface area contributed by atoms with Gasteiger partial charge in [0.15, 0.2) is 0 Å². The van der Waals surface area contributed by atoms with Crippen LogP contribution >= 0.6 is 0 Å². The van der Waals surface area contributed by atoms with Crippen molar-refractivity contribution in [2.24, 2.45) is 17.3 Å². The van der Waals surface area contributed by atoms with Crippen molar-refractivity contribution in [1.82, 2.24) is 35.1 Å². The van der Waals surface area contributed by atoms with Crippen LogP contribution in [0.4, 0.5) is 4.79 Å². The standard InChI is InChI=1S/C43H51N7O5/c1-26(2)19-36(51)49-24-42(16-17-42)21-34(49)39-45-31-14-11-29(20-32(31)46-39)8-7-28-9-12-30(13-10-28)33-23-44-38(47-33)35-22-43(15-6-18-55-43)25-50(35)40(52)37(27(3)4)48-41(53)54-5/h9-14,20,23,26-27,34-35,37H,6,15-19,21-22,24-25H2,1-5H3,(H,44,47)(H,45,46)(H,48,53)/t34-,35-,37-,43-/m0/s1. The summed E-state index contributed by atoms with van der Waals surface area (Å²) in [5.41, 5.74) is 5.20. The second kappa shape index (κ2) is 14.5. The van der Waals surface area contributed by atoms with E-state index < -0.39 is 17.7 Å². The third-order valence-electron chi connectivity index (χ3n) is 11.9. The average Bonchev–Trinajstić information content (AvgIpc) is 3.76. The number of H-pyrrole nitrogens is 2. The third-order valence-corrected chi connectivity index (χ3v) is 11.9. The molecule has 3 N–H and O–H groups in total. The molecule has 0 bridgehead atoms. The Hall–Kier alpha value is -5.15. The number of rotatable bonds is 8. The van der Waals surface area contributed by atoms with Crippen molar-refractivity contribution >= 4 is 28.9 Å². The zero-order valence-corrected chi connectivity index (χ0v) is 32.4. The molecule has 1 aliphatic carbocycles. The average molecular weight is 746 g/mol. The Balaban J connectivity index is 0.969. The van der Waals surface area contributed by atoms with Gasteiger partial charge in [-0.15, -0.1) is 0 Å². The smallest absolute Gasteiger partial charge is 0.407 e. The molecule has 3 saturated heterocycles. The number of aromatic amines is 2. The largest absolute Gasteiger partial charge is 0.453 e. The van der Waals surface area contributed by atoms with Gasteiger partial charge < -0.3 is 34.6 Å². The maximum absolute atomic E-state index is 14.0. The van der Waals surface area contributed by atoms with Crippen LogP contribution in [0, 0.1) is 29.1 Å². The van der Waals surface area contributed by atoms with Gasteiger partial charge in [-0.05, 0) is 85.3 Å². The van der Waals surface area contributed by atoms with Gasteiger partial charge in [-0.3, -0.25) is 9.59 Å². The molecule has 4 fully saturated rings. The number of nitrogens with zero attached hydrogens (tertiary/aromatic N) is 4. The van der Waals surface area contributed by atoms with E-state index in [0.29, 0.717) is 37.7 Å². The molecule has 55 heavy (non-hydrogen) atoms. The van der Waals surface area contributed by atoms with Gasteiger partial charge in [0, 0.05) is 37.1 Å². The van der Waals surface area contributed by atoms with E-state index in [1.54, 1.807) is 6.20 Å². The predicted molar refractivity (Wildman–Crippen MR) is 207 cm³/mol. The summed E-state index contributed by atoms with van der Waals surface area (Å²) < 4.78 is 11.0. The monoisotopic (exact) mass is 745 g/mol. The van der Waals surface area contributed by atoms with E-state index in [9.17, 15) is 14.4 Å². The first-order valence-electron chi connectivity index (χ1n) is 19.7. The Morgan fingerprint density at radius 2 is 1.69 bits per heavy atom. The summed E-state index contributed by atoms with van der Waals surface area (Å²) in [5, 5.41) is 2.73. The van der Waals surface area contributed by atoms with Gasteiger partial charge in [0.05, 0.1) is 54.3 Å². The molecule has 0 radical (unpaired) electrons. The molecule has 8 rings (SSSR count). The molecule has 0 unspecified atom stereocenters. The molecule has 4 aliphatic rings. The first-order valence-corrected chi connectivity index (χ1v) is 19.7. The van der Waals surface area contributed by atoms with E-state index >= 15 is 0 Å². The predicted octanol–water partition coefficient (Wildman–Crippen LogP) is 6.66. The van der Waals surface area contributed by atoms with Crippen molar-refractivity contribution in [3.63, 3.8) is 0 Å². The van der Waals surface area contributed by atoms with E-state index in [0.717, 1.165) is 65.0 Å². The summed E-state index contributed by atoms with van der Waals surface area (Å²) in [7, 11) is 1.30. The highest BCUT2D eigenvalue weighted by atomic mass is 16.5. The molecule has 3 aliphatic heterocycles. The second-order valence-electron chi connectivity index (χ2n) is 16.9. The molecule has 1 saturated carbocycles. The van der Waals surface area contributed by atoms with Crippen LogP contribution in [0.25, 0.3) is 22.3 Å². The number of likely N-dealkylation sites (tertiary alicyclic amines) is 2. The number of amides is 3. The number of alkyl carbamates (subject to hydrolysis) is 1. The molecule has 4 aromatic rings. The van der Waals surface area contributed by atoms with Crippen LogP contribution in [0.5, 0.6) is 0 Å². The van der Waals surface area contributed by atoms with Crippen LogP contribution in [0.1, 0.15) is 108 Å². The number of hydrogen-bond donors (Lipinski definition) is 3. The lowest BCUT2D eigenvalue weighted by Crippen LogP contribution is -2.51. The lowest BCUT2D eigenvalue weighted by atomic mass is 9.96. The fourth-order valence-corrected chi connectivity index (χ4v) is 8.71. The molecule has 288 valence electrons. The highest BCUT2D eigenvalue weighted by Crippen LogP contribution is 2.58. The molecular formula is C43H51N7O5. The van der Waals surface area contributed by atoms with Crippen molar-refractivity contribution < 1.29 is 23.9 Å². The molecule has 2 aromatic carbocycles. The highest BCUT2D eigenvalue weighted by Gasteiger charge is 2.54. The van der Waals surface area contributed by atoms with Crippen LogP contribution < -0.4 is 5.32 Å². The number of hydrogen-bond acceptors (Lipinski definition) is 7. The van der Waals surface area contributed by atoms with Gasteiger partial charge in [-0.25, -0.2) is 14.8 Å². The quantitative estimate of drug-likeness (QED) is 0.171. The van der Waals surface area contributed by atoms with Crippen LogP contribution in [-0.2, 0) is 19.1 Å². The fraction of sp³-hybridized carbons (Fsp3) is 0.512. The summed E-state index contributed by atoms with van der Waals surface area (Å²) in [5.74, 6) is 8.40. The van der Waals surface area contributed by atoms with E-state index in [1.165, 1.54) is 20.0 Å². The SMILES string of the molecule is COC(=O)N[C@H](C(=O)N1C[C@]2(CCCO2)C[C@H]1c1ncc(-c2ccc(C#Cc3ccc4nc([C@@H]5CC6(CC6)CN5C(=O)CC(C)C)[nH]c4c3)cc2)[nH]1)C(C)C. The molecule has 4 atom stereocenters. The maximum Gasteiger partial charge on any atom is 0.407 e. The van der Waals surface area contributed by atoms with Crippen molar-refractivity contribution in [3.05, 3.63) is 71.4 Å². The second-order valence-corrected chi connectivity index (χ2v) is 16.9. The molecule has 2 aromatic heterocycles. The highest BCUT2D eigenvalue weighted by molar-refractivity contribution is 5.86. The molecule has 2 spiro atoms. The topological polar surface area (TPSA) is 146 Å². The first-order chi connectivity index (χ1) is 26.4. The summed E-state index contributed by atoms with van der Waals surface area (Å²) in [4.78, 5) is 59.9. The van der Waals surface area contributed by atoms with Gasteiger partial charge in [-0.2, -0.15) is 0 Å². The summed E-state index contributed by atoms with van der Waals surface area (Å²) in [6, 6.07) is 13.0. The van der Waals surface area contributed by atoms with E-state index in [2.05, 4.69) is 45.9 Å². The van der Waals surface area contributed by atoms with E-state index in [1.807, 2.05) is 61.2 Å². The minimum Gasteiger partial charge on any atom is -0.453 e. The fourth-order valence-electron chi connectivity index (χ4n) is 8.71. The zero-order valence-electron chi connectivity index (χ0n) is 32.4. The number of methoxy groups -OCH3 is 1. The summed E-state index contributed by atoms with van der Waals surface area (Å²) in [6.07, 6.45) is 7.53. The summed E-state index contributed by atoms with van der Waals surface area (Å²) in [6.45, 7) is 9.95. The Morgan fingerprint density at radius 1 is 0.945 bits per heavy atom. The Morgan fingerprint density at radius 3 is 2.38 bits per heavy atom. The number of nitrogens with one attached hydrogen (secondary N) is 3. The molecule has 12 nitrogen and oxygen atoms in total. The lowest BCUT2D eigenvalue weighted by Gasteiger charge is -2.30. The van der Waals surface area contributed by atoms with Crippen LogP contribution in [0.3, 0.4) is 0 Å². The molecular weight excluding hydrogens is 695 g/mol. The van der Waals surface area contributed by atoms with Gasteiger partial charge >= 0.3 is 6.09 Å². The van der Waals surface area contributed by atoms with Crippen molar-refractivity contribution in [1.29, 1.82) is 0 Å². The minimum atomic E-state index is -0.738. The van der Waals surface area contributed by atoms with Crippen molar-refractivity contribution in [2.45, 2.75) is 96.4 Å². The number of carbonyl (C=O) groups is 3. The number of benzene rings is 2. The first kappa shape index (κ1) is 36.8. The lowest BCUT2D eigenvalue weighted by molar-refractivity contribution is -0.136. The van der Waals surface area contributed by atoms with Gasteiger partial charge in [0.25, 0.3) is 0 Å². The normalized spacial score (nSPS) is 23.2. The number of carbonyl (C=O) groups excluding carboxylic acids is 3. The minimum absolute atomic E-state index is 0.00902. The van der Waals surface area contributed by atoms with E-state index in [4.69, 9.17) is 19.4 Å². The zero-order chi connectivity index (χ0) is 38.5. The molecule has 12 heteroatoms. The van der Waals surface area contributed by atoms with Crippen LogP contribution in [0.2, 0.25) is 0 Å². The number of imidazole rings is 2. The Labute approximate surface area is 322 Å². The molecule has 3 amide bonds. The van der Waals surface area contributed by atoms with Crippen LogP contribution in [-0.4, -0.2) is 86.1 Å². The third kappa shape index (κ3) is 7.46. The van der Waals surface area contributed by atoms with Gasteiger partial charge in [0.2, 0.25) is 11.8 Å². The maximum atomic E-state index is 14.0. The molecule has 5 heterocycles. The van der Waals surface area contributed by atoms with Crippen molar-refractivity contribution in [3.8, 4) is 23.1 Å². The van der Waals surface area contributed by atoms with Gasteiger partial charge in [-0.1, -0.05) is 51.7 Å².